The molecule has 2 N–H and O–H groups in total. The maximum atomic E-state index is 10.5. The predicted molar refractivity (Wildman–Crippen MR) is 36.8 cm³/mol. The molecule has 0 saturated carbocycles. The van der Waals surface area contributed by atoms with Crippen LogP contribution >= 0.6 is 19.9 Å². The van der Waals surface area contributed by atoms with Crippen LogP contribution in [-0.4, -0.2) is 21.4 Å². The van der Waals surface area contributed by atoms with Gasteiger partial charge in [0.15, 0.2) is 0 Å². The van der Waals surface area contributed by atoms with E-state index < -0.39 is 13.1 Å². The molecule has 0 spiro atoms. The van der Waals surface area contributed by atoms with Crippen molar-refractivity contribution in [2.24, 2.45) is 5.16 Å². The van der Waals surface area contributed by atoms with Gasteiger partial charge in [-0.1, -0.05) is 0 Å². The Bertz CT molecular complexity index is 261. The summed E-state index contributed by atoms with van der Waals surface area (Å²) in [6.45, 7) is 0. The maximum absolute atomic E-state index is 10.5. The number of phosphoric acid groups is 1. The Morgan fingerprint density at radius 3 is 2.69 bits per heavy atom. The number of carbonyl (C=O) groups excluding carboxylic acids is 1. The third-order valence-corrected chi connectivity index (χ3v) is 1.85. The van der Waals surface area contributed by atoms with Gasteiger partial charge in [-0.05, 0) is 4.67 Å². The van der Waals surface area contributed by atoms with Gasteiger partial charge in [0.2, 0.25) is 0 Å². The van der Waals surface area contributed by atoms with Gasteiger partial charge in [-0.2, -0.15) is 4.99 Å². The van der Waals surface area contributed by atoms with Crippen molar-refractivity contribution in [3.05, 3.63) is 0 Å². The topological polar surface area (TPSA) is 132 Å². The van der Waals surface area contributed by atoms with Gasteiger partial charge < -0.3 is 5.11 Å². The molecule has 0 aliphatic carbocycles. The predicted octanol–water partition coefficient (Wildman–Crippen LogP) is 0.629. The first-order valence-corrected chi connectivity index (χ1v) is 4.56. The maximum Gasteiger partial charge on any atom is 0.522 e. The number of hydrogen-bond acceptors (Lipinski definition) is 8. The molecule has 1 unspecified atom stereocenters. The summed E-state index contributed by atoms with van der Waals surface area (Å²) in [6.07, 6.45) is 0.822. The van der Waals surface area contributed by atoms with E-state index in [2.05, 4.69) is 18.8 Å². The standard InChI is InChI=1S/C2H2NO8PS/c4-1-3-9-10-12(7,8)11-13-2(5)6/h(H,5,6)(H,7,8). The second-order valence-corrected chi connectivity index (χ2v) is 3.42. The highest BCUT2D eigenvalue weighted by molar-refractivity contribution is 8.11. The van der Waals surface area contributed by atoms with Crippen LogP contribution in [0.5, 0.6) is 0 Å². The van der Waals surface area contributed by atoms with Crippen LogP contribution in [0.1, 0.15) is 0 Å². The van der Waals surface area contributed by atoms with Crippen LogP contribution in [0.25, 0.3) is 0 Å². The van der Waals surface area contributed by atoms with Crippen molar-refractivity contribution in [2.45, 2.75) is 0 Å². The molecule has 0 fully saturated rings. The molecule has 0 aromatic rings. The summed E-state index contributed by atoms with van der Waals surface area (Å²) in [5.74, 6) is 0. The number of rotatable bonds is 5. The number of isocyanates is 1. The largest absolute Gasteiger partial charge is 0.522 e. The molecule has 0 rings (SSSR count). The monoisotopic (exact) mass is 231 g/mol. The Morgan fingerprint density at radius 1 is 1.62 bits per heavy atom. The van der Waals surface area contributed by atoms with E-state index in [-0.39, 0.29) is 12.0 Å². The van der Waals surface area contributed by atoms with Crippen molar-refractivity contribution in [3.63, 3.8) is 0 Å². The molecule has 9 nitrogen and oxygen atoms in total. The van der Waals surface area contributed by atoms with Gasteiger partial charge in [0, 0.05) is 5.16 Å². The summed E-state index contributed by atoms with van der Waals surface area (Å²) >= 11 is -0.345. The first-order chi connectivity index (χ1) is 5.98. The zero-order valence-electron chi connectivity index (χ0n) is 5.65. The van der Waals surface area contributed by atoms with Crippen molar-refractivity contribution in [2.75, 3.05) is 0 Å². The Kier molecular flexibility index (Phi) is 5.31. The molecular weight excluding hydrogens is 229 g/mol. The lowest BCUT2D eigenvalue weighted by Crippen LogP contribution is -1.91. The van der Waals surface area contributed by atoms with Crippen LogP contribution in [-0.2, 0) is 23.0 Å². The van der Waals surface area contributed by atoms with E-state index in [1.807, 2.05) is 0 Å². The molecule has 74 valence electrons. The fourth-order valence-corrected chi connectivity index (χ4v) is 1.01. The second-order valence-electron chi connectivity index (χ2n) is 1.22. The highest BCUT2D eigenvalue weighted by Crippen LogP contribution is 2.47. The average molecular weight is 231 g/mol. The Morgan fingerprint density at radius 2 is 2.23 bits per heavy atom. The van der Waals surface area contributed by atoms with Crippen molar-refractivity contribution < 1.29 is 37.8 Å². The van der Waals surface area contributed by atoms with Crippen molar-refractivity contribution in [3.8, 4) is 0 Å². The van der Waals surface area contributed by atoms with E-state index in [0.717, 1.165) is 6.08 Å². The van der Waals surface area contributed by atoms with E-state index in [1.165, 1.54) is 0 Å². The summed E-state index contributed by atoms with van der Waals surface area (Å²) in [7, 11) is -4.69. The quantitative estimate of drug-likeness (QED) is 0.174. The molecular formula is C2H2NO8PS. The lowest BCUT2D eigenvalue weighted by atomic mass is 11.6. The highest BCUT2D eigenvalue weighted by Gasteiger charge is 2.26. The van der Waals surface area contributed by atoms with Crippen LogP contribution in [0.4, 0.5) is 4.79 Å². The minimum atomic E-state index is -4.69. The minimum absolute atomic E-state index is 0.345. The molecule has 0 heterocycles. The van der Waals surface area contributed by atoms with Crippen molar-refractivity contribution in [1.29, 1.82) is 0 Å². The van der Waals surface area contributed by atoms with E-state index >= 15 is 0 Å². The smallest absolute Gasteiger partial charge is 0.472 e. The lowest BCUT2D eigenvalue weighted by molar-refractivity contribution is -0.220. The van der Waals surface area contributed by atoms with Crippen LogP contribution < -0.4 is 0 Å². The zero-order chi connectivity index (χ0) is 10.3. The summed E-state index contributed by atoms with van der Waals surface area (Å²) < 4.78 is 17.7. The van der Waals surface area contributed by atoms with E-state index in [4.69, 9.17) is 10.00 Å². The Balaban J connectivity index is 3.86. The van der Waals surface area contributed by atoms with Gasteiger partial charge in [-0.3, -0.25) is 4.89 Å². The summed E-state index contributed by atoms with van der Waals surface area (Å²) in [6, 6.07) is 0. The van der Waals surface area contributed by atoms with E-state index in [1.54, 1.807) is 0 Å². The van der Waals surface area contributed by atoms with Gasteiger partial charge in [-0.25, -0.2) is 18.1 Å². The lowest BCUT2D eigenvalue weighted by Gasteiger charge is -2.03. The molecule has 0 aromatic carbocycles. The van der Waals surface area contributed by atoms with Crippen LogP contribution in [0, 0.1) is 0 Å². The average Bonchev–Trinajstić information content (AvgIpc) is 2.02. The summed E-state index contributed by atoms with van der Waals surface area (Å²) in [4.78, 5) is 31.1. The van der Waals surface area contributed by atoms with Gasteiger partial charge >= 0.3 is 13.1 Å². The number of carbonyl (C=O) groups is 1. The molecule has 0 aromatic heterocycles. The SMILES string of the molecule is O=C=NOOP(=O)(O)OSC(=O)O. The van der Waals surface area contributed by atoms with Crippen LogP contribution in [0.3, 0.4) is 0 Å². The molecule has 0 amide bonds. The van der Waals surface area contributed by atoms with E-state index in [9.17, 15) is 14.2 Å². The summed E-state index contributed by atoms with van der Waals surface area (Å²) in [5, 5.41) is 8.70. The molecule has 0 aliphatic rings. The zero-order valence-corrected chi connectivity index (χ0v) is 7.36. The van der Waals surface area contributed by atoms with Gasteiger partial charge in [-0.15, -0.1) is 0 Å². The molecule has 11 heteroatoms. The first kappa shape index (κ1) is 12.1. The normalized spacial score (nSPS) is 13.9. The van der Waals surface area contributed by atoms with Gasteiger partial charge in [0.25, 0.3) is 6.08 Å². The van der Waals surface area contributed by atoms with Crippen LogP contribution in [0.15, 0.2) is 5.16 Å². The Labute approximate surface area is 75.0 Å². The third-order valence-electron chi connectivity index (χ3n) is 0.405. The fourth-order valence-electron chi connectivity index (χ4n) is 0.165. The molecule has 1 atom stereocenters. The molecule has 0 radical (unpaired) electrons. The third kappa shape index (κ3) is 7.47. The first-order valence-electron chi connectivity index (χ1n) is 2.32. The van der Waals surface area contributed by atoms with Gasteiger partial charge in [0.05, 0.1) is 0 Å². The molecule has 0 saturated heterocycles. The second kappa shape index (κ2) is 5.70. The van der Waals surface area contributed by atoms with Crippen LogP contribution in [0.2, 0.25) is 0 Å². The van der Waals surface area contributed by atoms with Crippen molar-refractivity contribution in [1.82, 2.24) is 0 Å². The minimum Gasteiger partial charge on any atom is -0.472 e. The molecule has 0 bridgehead atoms. The fraction of sp³-hybridized carbons (Fsp3) is 0. The Hall–Kier alpha value is -0.890. The number of carboxylic acid groups (broad SMARTS) is 1. The van der Waals surface area contributed by atoms with Crippen molar-refractivity contribution >= 4 is 31.2 Å². The number of hydrogen-bond donors (Lipinski definition) is 2. The molecule has 0 aliphatic heterocycles. The van der Waals surface area contributed by atoms with E-state index in [0.29, 0.717) is 0 Å². The van der Waals surface area contributed by atoms with Gasteiger partial charge in [0.1, 0.15) is 12.0 Å². The summed E-state index contributed by atoms with van der Waals surface area (Å²) in [5.41, 5.74) is 0. The highest BCUT2D eigenvalue weighted by atomic mass is 32.2. The number of nitrogens with zero attached hydrogens (tertiary/aromatic N) is 1. The molecule has 13 heavy (non-hydrogen) atoms.